The van der Waals surface area contributed by atoms with Crippen molar-refractivity contribution in [2.45, 2.75) is 13.0 Å². The lowest BCUT2D eigenvalue weighted by molar-refractivity contribution is -0.384. The van der Waals surface area contributed by atoms with Crippen LogP contribution in [-0.4, -0.2) is 17.1 Å². The molecular formula is C11H12BNO4. The maximum Gasteiger partial charge on any atom is 0.483 e. The minimum atomic E-state index is -0.911. The van der Waals surface area contributed by atoms with Crippen LogP contribution in [0.3, 0.4) is 0 Å². The molecule has 5 nitrogen and oxygen atoms in total. The second-order valence-corrected chi connectivity index (χ2v) is 4.04. The van der Waals surface area contributed by atoms with E-state index in [1.807, 2.05) is 13.0 Å². The number of rotatable bonds is 2. The molecule has 1 aromatic carbocycles. The Morgan fingerprint density at radius 3 is 2.65 bits per heavy atom. The molecule has 0 bridgehead atoms. The van der Waals surface area contributed by atoms with E-state index in [9.17, 15) is 15.1 Å². The molecule has 2 atom stereocenters. The van der Waals surface area contributed by atoms with Crippen LogP contribution in [0, 0.1) is 16.0 Å². The van der Waals surface area contributed by atoms with E-state index < -0.39 is 12.0 Å². The van der Waals surface area contributed by atoms with Crippen molar-refractivity contribution >= 4 is 12.8 Å². The molecule has 6 heteroatoms. The summed E-state index contributed by atoms with van der Waals surface area (Å²) in [5.41, 5.74) is 0.875. The van der Waals surface area contributed by atoms with Gasteiger partial charge in [0.15, 0.2) is 0 Å². The molecule has 0 fully saturated rings. The molecular weight excluding hydrogens is 221 g/mol. The molecule has 1 aliphatic heterocycles. The van der Waals surface area contributed by atoms with Gasteiger partial charge in [-0.15, -0.1) is 0 Å². The van der Waals surface area contributed by atoms with Gasteiger partial charge in [0, 0.05) is 18.1 Å². The molecule has 0 unspecified atom stereocenters. The summed E-state index contributed by atoms with van der Waals surface area (Å²) in [4.78, 5) is 10.1. The first-order valence-electron chi connectivity index (χ1n) is 5.34. The molecule has 1 aromatic rings. The van der Waals surface area contributed by atoms with Gasteiger partial charge in [-0.1, -0.05) is 19.0 Å². The van der Waals surface area contributed by atoms with Gasteiger partial charge in [-0.2, -0.15) is 0 Å². The average molecular weight is 233 g/mol. The van der Waals surface area contributed by atoms with Gasteiger partial charge in [0.2, 0.25) is 0 Å². The Labute approximate surface area is 99.0 Å². The lowest BCUT2D eigenvalue weighted by Crippen LogP contribution is -2.27. The van der Waals surface area contributed by atoms with E-state index in [0.29, 0.717) is 0 Å². The van der Waals surface area contributed by atoms with E-state index in [2.05, 4.69) is 0 Å². The fraction of sp³-hybridized carbons (Fsp3) is 0.273. The summed E-state index contributed by atoms with van der Waals surface area (Å²) in [5, 5.41) is 19.9. The van der Waals surface area contributed by atoms with Crippen molar-refractivity contribution in [3.05, 3.63) is 52.0 Å². The topological polar surface area (TPSA) is 72.6 Å². The number of nitrogens with zero attached hydrogens (tertiary/aromatic N) is 1. The highest BCUT2D eigenvalue weighted by molar-refractivity contribution is 6.49. The second-order valence-electron chi connectivity index (χ2n) is 4.04. The van der Waals surface area contributed by atoms with Crippen molar-refractivity contribution in [1.82, 2.24) is 0 Å². The van der Waals surface area contributed by atoms with Crippen molar-refractivity contribution in [3.63, 3.8) is 0 Å². The number of hydrogen-bond donors (Lipinski definition) is 1. The van der Waals surface area contributed by atoms with Gasteiger partial charge in [0.25, 0.3) is 5.69 Å². The maximum absolute atomic E-state index is 10.5. The summed E-state index contributed by atoms with van der Waals surface area (Å²) >= 11 is 0. The molecule has 1 aliphatic rings. The first-order chi connectivity index (χ1) is 8.08. The molecule has 0 spiro atoms. The van der Waals surface area contributed by atoms with E-state index >= 15 is 0 Å². The molecule has 0 radical (unpaired) electrons. The van der Waals surface area contributed by atoms with Gasteiger partial charge >= 0.3 is 7.12 Å². The van der Waals surface area contributed by atoms with E-state index in [1.54, 1.807) is 18.1 Å². The molecule has 0 amide bonds. The maximum atomic E-state index is 10.5. The van der Waals surface area contributed by atoms with Crippen LogP contribution in [0.5, 0.6) is 0 Å². The Hall–Kier alpha value is -1.66. The Balaban J connectivity index is 2.22. The molecule has 1 N–H and O–H groups in total. The third kappa shape index (κ3) is 2.54. The SMILES string of the molecule is C[C@@H]1C=CB(O)O[C@H]1c1ccc([N+](=O)[O-])cc1. The van der Waals surface area contributed by atoms with Crippen LogP contribution in [0.1, 0.15) is 18.6 Å². The van der Waals surface area contributed by atoms with Crippen LogP contribution >= 0.6 is 0 Å². The Bertz CT molecular complexity index is 445. The number of non-ortho nitro benzene ring substituents is 1. The third-order valence-electron chi connectivity index (χ3n) is 2.78. The predicted octanol–water partition coefficient (Wildman–Crippen LogP) is 1.88. The van der Waals surface area contributed by atoms with Crippen LogP contribution in [0.4, 0.5) is 5.69 Å². The lowest BCUT2D eigenvalue weighted by atomic mass is 9.81. The molecule has 2 rings (SSSR count). The first kappa shape index (κ1) is 11.8. The minimum Gasteiger partial charge on any atom is -0.423 e. The van der Waals surface area contributed by atoms with Gasteiger partial charge in [-0.3, -0.25) is 10.1 Å². The Morgan fingerprint density at radius 2 is 2.06 bits per heavy atom. The van der Waals surface area contributed by atoms with Gasteiger partial charge in [0.1, 0.15) is 0 Å². The average Bonchev–Trinajstić information content (AvgIpc) is 2.32. The normalized spacial score (nSPS) is 23.8. The van der Waals surface area contributed by atoms with Gasteiger partial charge in [0.05, 0.1) is 11.0 Å². The summed E-state index contributed by atoms with van der Waals surface area (Å²) in [7, 11) is -0.911. The first-order valence-corrected chi connectivity index (χ1v) is 5.34. The van der Waals surface area contributed by atoms with Crippen LogP contribution in [0.15, 0.2) is 36.3 Å². The fourth-order valence-corrected chi connectivity index (χ4v) is 1.86. The van der Waals surface area contributed by atoms with Crippen LogP contribution in [-0.2, 0) is 4.65 Å². The zero-order valence-electron chi connectivity index (χ0n) is 9.32. The van der Waals surface area contributed by atoms with Crippen molar-refractivity contribution in [3.8, 4) is 0 Å². The highest BCUT2D eigenvalue weighted by Gasteiger charge is 2.27. The lowest BCUT2D eigenvalue weighted by Gasteiger charge is -2.27. The summed E-state index contributed by atoms with van der Waals surface area (Å²) < 4.78 is 5.38. The van der Waals surface area contributed by atoms with E-state index in [1.165, 1.54) is 12.1 Å². The van der Waals surface area contributed by atoms with E-state index in [0.717, 1.165) is 5.56 Å². The number of benzene rings is 1. The zero-order chi connectivity index (χ0) is 12.4. The summed E-state index contributed by atoms with van der Waals surface area (Å²) in [6, 6.07) is 6.20. The van der Waals surface area contributed by atoms with Crippen molar-refractivity contribution in [2.24, 2.45) is 5.92 Å². The minimum absolute atomic E-state index is 0.0494. The van der Waals surface area contributed by atoms with Gasteiger partial charge in [-0.25, -0.2) is 0 Å². The Kier molecular flexibility index (Phi) is 3.26. The molecule has 0 saturated heterocycles. The molecule has 0 aromatic heterocycles. The highest BCUT2D eigenvalue weighted by atomic mass is 16.6. The second kappa shape index (κ2) is 4.69. The molecule has 0 aliphatic carbocycles. The standard InChI is InChI=1S/C11H12BNO4/c1-8-6-7-12(14)17-11(8)9-2-4-10(5-3-9)13(15)16/h2-8,11,14H,1H3/t8-,11-/m1/s1. The van der Waals surface area contributed by atoms with Crippen LogP contribution < -0.4 is 0 Å². The van der Waals surface area contributed by atoms with E-state index in [-0.39, 0.29) is 17.7 Å². The summed E-state index contributed by atoms with van der Waals surface area (Å²) in [5.74, 6) is 1.71. The number of nitro groups is 1. The monoisotopic (exact) mass is 233 g/mol. The number of nitro benzene ring substituents is 1. The molecule has 17 heavy (non-hydrogen) atoms. The highest BCUT2D eigenvalue weighted by Crippen LogP contribution is 2.31. The van der Waals surface area contributed by atoms with Crippen LogP contribution in [0.2, 0.25) is 0 Å². The summed E-state index contributed by atoms with van der Waals surface area (Å²) in [6.45, 7) is 1.97. The predicted molar refractivity (Wildman–Crippen MR) is 63.2 cm³/mol. The van der Waals surface area contributed by atoms with Crippen molar-refractivity contribution < 1.29 is 14.6 Å². The molecule has 0 saturated carbocycles. The van der Waals surface area contributed by atoms with Crippen molar-refractivity contribution in [1.29, 1.82) is 0 Å². The largest absolute Gasteiger partial charge is 0.483 e. The fourth-order valence-electron chi connectivity index (χ4n) is 1.86. The van der Waals surface area contributed by atoms with E-state index in [4.69, 9.17) is 4.65 Å². The zero-order valence-corrected chi connectivity index (χ0v) is 9.32. The third-order valence-corrected chi connectivity index (χ3v) is 2.78. The van der Waals surface area contributed by atoms with Crippen molar-refractivity contribution in [2.75, 3.05) is 0 Å². The van der Waals surface area contributed by atoms with Gasteiger partial charge < -0.3 is 9.68 Å². The molecule has 1 heterocycles. The smallest absolute Gasteiger partial charge is 0.423 e. The Morgan fingerprint density at radius 1 is 1.41 bits per heavy atom. The van der Waals surface area contributed by atoms with Gasteiger partial charge in [-0.05, 0) is 17.7 Å². The molecule has 88 valence electrons. The number of hydrogen-bond acceptors (Lipinski definition) is 4. The summed E-state index contributed by atoms with van der Waals surface area (Å²) in [6.07, 6.45) is 1.61. The quantitative estimate of drug-likeness (QED) is 0.480. The van der Waals surface area contributed by atoms with Crippen LogP contribution in [0.25, 0.3) is 0 Å².